The number of aryl methyl sites for hydroxylation is 2. The summed E-state index contributed by atoms with van der Waals surface area (Å²) in [4.78, 5) is 4.54. The molecule has 3 aromatic heterocycles. The third-order valence-corrected chi connectivity index (χ3v) is 6.06. The Morgan fingerprint density at radius 2 is 1.75 bits per heavy atom. The minimum absolute atomic E-state index is 0.515. The van der Waals surface area contributed by atoms with Gasteiger partial charge < -0.3 is 8.94 Å². The molecule has 0 amide bonds. The number of aromatic nitrogens is 5. The molecule has 0 aliphatic heterocycles. The fourth-order valence-electron chi connectivity index (χ4n) is 3.38. The molecule has 2 aromatic carbocycles. The molecule has 5 rings (SSSR count). The Morgan fingerprint density at radius 1 is 0.938 bits per heavy atom. The van der Waals surface area contributed by atoms with Crippen molar-refractivity contribution in [2.45, 2.75) is 31.3 Å². The second-order valence-corrected chi connectivity index (χ2v) is 8.38. The number of hydrogen-bond acceptors (Lipinski definition) is 7. The number of hydrogen-bond donors (Lipinski definition) is 0. The molecular formula is C24H21N5O2S. The van der Waals surface area contributed by atoms with Crippen molar-refractivity contribution >= 4 is 11.8 Å². The zero-order valence-electron chi connectivity index (χ0n) is 17.7. The van der Waals surface area contributed by atoms with Crippen LogP contribution in [0.5, 0.6) is 0 Å². The summed E-state index contributed by atoms with van der Waals surface area (Å²) in [6.45, 7) is 4.62. The van der Waals surface area contributed by atoms with Crippen molar-refractivity contribution in [1.29, 1.82) is 0 Å². The van der Waals surface area contributed by atoms with Crippen LogP contribution >= 0.6 is 11.8 Å². The molecule has 0 radical (unpaired) electrons. The smallest absolute Gasteiger partial charge is 0.257 e. The Morgan fingerprint density at radius 3 is 2.50 bits per heavy atom. The maximum Gasteiger partial charge on any atom is 0.257 e. The summed E-state index contributed by atoms with van der Waals surface area (Å²) in [5.74, 6) is 3.23. The van der Waals surface area contributed by atoms with Crippen LogP contribution in [-0.2, 0) is 12.3 Å². The quantitative estimate of drug-likeness (QED) is 0.305. The first-order chi connectivity index (χ1) is 15.7. The Labute approximate surface area is 189 Å². The zero-order chi connectivity index (χ0) is 21.9. The van der Waals surface area contributed by atoms with Crippen LogP contribution in [0, 0.1) is 13.8 Å². The van der Waals surface area contributed by atoms with Crippen LogP contribution in [0.2, 0.25) is 0 Å². The molecule has 0 N–H and O–H groups in total. The predicted molar refractivity (Wildman–Crippen MR) is 122 cm³/mol. The van der Waals surface area contributed by atoms with E-state index >= 15 is 0 Å². The third-order valence-electron chi connectivity index (χ3n) is 5.10. The molecule has 3 heterocycles. The van der Waals surface area contributed by atoms with Crippen LogP contribution in [0.3, 0.4) is 0 Å². The van der Waals surface area contributed by atoms with Crippen LogP contribution in [0.15, 0.2) is 81.0 Å². The number of benzene rings is 2. The number of nitrogens with zero attached hydrogens (tertiary/aromatic N) is 5. The summed E-state index contributed by atoms with van der Waals surface area (Å²) in [6, 6.07) is 20.2. The van der Waals surface area contributed by atoms with Gasteiger partial charge in [-0.15, -0.1) is 10.2 Å². The lowest BCUT2D eigenvalue weighted by atomic mass is 10.1. The number of rotatable bonds is 7. The van der Waals surface area contributed by atoms with E-state index in [9.17, 15) is 0 Å². The van der Waals surface area contributed by atoms with E-state index in [0.29, 0.717) is 24.0 Å². The molecule has 0 bridgehead atoms. The minimum Gasteiger partial charge on any atom is -0.469 e. The second-order valence-electron chi connectivity index (χ2n) is 7.44. The largest absolute Gasteiger partial charge is 0.469 e. The third kappa shape index (κ3) is 4.22. The van der Waals surface area contributed by atoms with Crippen molar-refractivity contribution < 1.29 is 8.94 Å². The van der Waals surface area contributed by atoms with Gasteiger partial charge in [-0.05, 0) is 37.6 Å². The molecule has 32 heavy (non-hydrogen) atoms. The van der Waals surface area contributed by atoms with Gasteiger partial charge in [0.2, 0.25) is 0 Å². The van der Waals surface area contributed by atoms with Crippen molar-refractivity contribution in [1.82, 2.24) is 24.9 Å². The maximum absolute atomic E-state index is 5.49. The summed E-state index contributed by atoms with van der Waals surface area (Å²) in [6.07, 6.45) is 1.67. The van der Waals surface area contributed by atoms with Gasteiger partial charge in [0.15, 0.2) is 16.8 Å². The van der Waals surface area contributed by atoms with E-state index in [-0.39, 0.29) is 0 Å². The zero-order valence-corrected chi connectivity index (χ0v) is 18.5. The van der Waals surface area contributed by atoms with Gasteiger partial charge in [-0.3, -0.25) is 4.57 Å². The van der Waals surface area contributed by atoms with Gasteiger partial charge in [-0.2, -0.15) is 4.98 Å². The highest BCUT2D eigenvalue weighted by Crippen LogP contribution is 2.29. The molecule has 0 saturated heterocycles. The van der Waals surface area contributed by atoms with Gasteiger partial charge in [-0.1, -0.05) is 64.9 Å². The van der Waals surface area contributed by atoms with E-state index in [4.69, 9.17) is 8.94 Å². The van der Waals surface area contributed by atoms with Crippen molar-refractivity contribution in [3.05, 3.63) is 89.6 Å². The standard InChI is InChI=1S/C24H21N5O2S/c1-16-8-10-19(11-9-16)23-25-21(28-31-23)15-32-24-27-26-22(20-12-13-30-17(20)2)29(24)14-18-6-4-3-5-7-18/h3-13H,14-15H2,1-2H3. The van der Waals surface area contributed by atoms with Crippen LogP contribution in [-0.4, -0.2) is 24.9 Å². The SMILES string of the molecule is Cc1ccc(-c2nc(CSc3nnc(-c4ccoc4C)n3Cc3ccccc3)no2)cc1. The van der Waals surface area contributed by atoms with Gasteiger partial charge in [0, 0.05) is 5.56 Å². The maximum atomic E-state index is 5.49. The van der Waals surface area contributed by atoms with Gasteiger partial charge in [0.05, 0.1) is 24.1 Å². The summed E-state index contributed by atoms with van der Waals surface area (Å²) in [5, 5.41) is 13.8. The summed E-state index contributed by atoms with van der Waals surface area (Å²) >= 11 is 1.53. The first kappa shape index (κ1) is 20.3. The van der Waals surface area contributed by atoms with E-state index in [2.05, 4.69) is 37.0 Å². The lowest BCUT2D eigenvalue weighted by Crippen LogP contribution is -2.04. The van der Waals surface area contributed by atoms with E-state index in [1.54, 1.807) is 6.26 Å². The minimum atomic E-state index is 0.515. The molecular weight excluding hydrogens is 422 g/mol. The van der Waals surface area contributed by atoms with E-state index < -0.39 is 0 Å². The Kier molecular flexibility index (Phi) is 5.60. The second kappa shape index (κ2) is 8.84. The normalized spacial score (nSPS) is 11.2. The molecule has 0 fully saturated rings. The van der Waals surface area contributed by atoms with Crippen LogP contribution in [0.4, 0.5) is 0 Å². The lowest BCUT2D eigenvalue weighted by Gasteiger charge is -2.09. The summed E-state index contributed by atoms with van der Waals surface area (Å²) < 4.78 is 13.0. The average Bonchev–Trinajstić information content (AvgIpc) is 3.54. The molecule has 5 aromatic rings. The van der Waals surface area contributed by atoms with Crippen molar-refractivity contribution in [3.8, 4) is 22.8 Å². The fourth-order valence-corrected chi connectivity index (χ4v) is 4.16. The monoisotopic (exact) mass is 443 g/mol. The molecule has 8 heteroatoms. The molecule has 0 aliphatic rings. The number of thioether (sulfide) groups is 1. The average molecular weight is 444 g/mol. The fraction of sp³-hybridized carbons (Fsp3) is 0.167. The Hall–Kier alpha value is -3.65. The Bertz CT molecular complexity index is 1320. The van der Waals surface area contributed by atoms with Crippen LogP contribution < -0.4 is 0 Å². The molecule has 0 unspecified atom stereocenters. The van der Waals surface area contributed by atoms with Gasteiger partial charge in [0.25, 0.3) is 5.89 Å². The molecule has 160 valence electrons. The van der Waals surface area contributed by atoms with Gasteiger partial charge in [0.1, 0.15) is 5.76 Å². The van der Waals surface area contributed by atoms with E-state index in [1.807, 2.05) is 62.4 Å². The van der Waals surface area contributed by atoms with E-state index in [1.165, 1.54) is 17.3 Å². The molecule has 7 nitrogen and oxygen atoms in total. The van der Waals surface area contributed by atoms with Gasteiger partial charge in [-0.25, -0.2) is 0 Å². The predicted octanol–water partition coefficient (Wildman–Crippen LogP) is 5.55. The van der Waals surface area contributed by atoms with Crippen LogP contribution in [0.1, 0.15) is 22.7 Å². The van der Waals surface area contributed by atoms with Crippen LogP contribution in [0.25, 0.3) is 22.8 Å². The molecule has 0 atom stereocenters. The topological polar surface area (TPSA) is 82.8 Å². The van der Waals surface area contributed by atoms with Crippen molar-refractivity contribution in [2.75, 3.05) is 0 Å². The summed E-state index contributed by atoms with van der Waals surface area (Å²) in [7, 11) is 0. The highest BCUT2D eigenvalue weighted by atomic mass is 32.2. The van der Waals surface area contributed by atoms with E-state index in [0.717, 1.165) is 33.4 Å². The molecule has 0 saturated carbocycles. The van der Waals surface area contributed by atoms with Crippen molar-refractivity contribution in [2.24, 2.45) is 0 Å². The first-order valence-corrected chi connectivity index (χ1v) is 11.2. The van der Waals surface area contributed by atoms with Crippen molar-refractivity contribution in [3.63, 3.8) is 0 Å². The molecule has 0 aliphatic carbocycles. The Balaban J connectivity index is 1.39. The lowest BCUT2D eigenvalue weighted by molar-refractivity contribution is 0.425. The van der Waals surface area contributed by atoms with Gasteiger partial charge >= 0.3 is 0 Å². The highest BCUT2D eigenvalue weighted by molar-refractivity contribution is 7.98. The number of furan rings is 1. The highest BCUT2D eigenvalue weighted by Gasteiger charge is 2.19. The first-order valence-electron chi connectivity index (χ1n) is 10.2. The molecule has 0 spiro atoms. The summed E-state index contributed by atoms with van der Waals surface area (Å²) in [5.41, 5.74) is 4.19.